The van der Waals surface area contributed by atoms with Crippen molar-refractivity contribution in [1.29, 1.82) is 0 Å². The van der Waals surface area contributed by atoms with Gasteiger partial charge in [-0.25, -0.2) is 4.79 Å². The van der Waals surface area contributed by atoms with Gasteiger partial charge in [0.1, 0.15) is 5.75 Å². The summed E-state index contributed by atoms with van der Waals surface area (Å²) in [6, 6.07) is 10.0. The summed E-state index contributed by atoms with van der Waals surface area (Å²) in [7, 11) is 0. The molecule has 0 bridgehead atoms. The lowest BCUT2D eigenvalue weighted by Crippen LogP contribution is -2.40. The van der Waals surface area contributed by atoms with E-state index in [-0.39, 0.29) is 11.3 Å². The normalized spacial score (nSPS) is 16.5. The van der Waals surface area contributed by atoms with Crippen LogP contribution in [0.3, 0.4) is 0 Å². The molecule has 1 aromatic heterocycles. The molecule has 1 aromatic carbocycles. The van der Waals surface area contributed by atoms with E-state index in [1.165, 1.54) is 0 Å². The number of hydrogen-bond acceptors (Lipinski definition) is 3. The first-order valence-corrected chi connectivity index (χ1v) is 8.99. The van der Waals surface area contributed by atoms with E-state index in [1.54, 1.807) is 17.3 Å². The first-order chi connectivity index (χ1) is 12.3. The van der Waals surface area contributed by atoms with Gasteiger partial charge in [0.2, 0.25) is 0 Å². The molecule has 0 spiro atoms. The minimum absolute atomic E-state index is 0.0781. The van der Waals surface area contributed by atoms with Gasteiger partial charge in [-0.15, -0.1) is 0 Å². The largest absolute Gasteiger partial charge is 0.493 e. The van der Waals surface area contributed by atoms with Crippen LogP contribution in [-0.2, 0) is 0 Å². The zero-order valence-electron chi connectivity index (χ0n) is 15.6. The van der Waals surface area contributed by atoms with Gasteiger partial charge in [-0.05, 0) is 35.1 Å². The molecule has 5 nitrogen and oxygen atoms in total. The van der Waals surface area contributed by atoms with Gasteiger partial charge in [0.15, 0.2) is 0 Å². The van der Waals surface area contributed by atoms with Gasteiger partial charge < -0.3 is 14.7 Å². The molecule has 138 valence electrons. The fourth-order valence-electron chi connectivity index (χ4n) is 3.49. The zero-order valence-corrected chi connectivity index (χ0v) is 15.6. The Bertz CT molecular complexity index is 769. The summed E-state index contributed by atoms with van der Waals surface area (Å²) in [5.41, 5.74) is 3.10. The molecule has 0 aliphatic carbocycles. The van der Waals surface area contributed by atoms with Crippen LogP contribution < -0.4 is 4.74 Å². The second-order valence-corrected chi connectivity index (χ2v) is 8.02. The van der Waals surface area contributed by atoms with Crippen LogP contribution >= 0.6 is 0 Å². The molecule has 3 rings (SSSR count). The first kappa shape index (κ1) is 18.2. The molecule has 0 radical (unpaired) electrons. The number of amides is 1. The number of pyridine rings is 1. The molecule has 0 fully saturated rings. The molecule has 1 unspecified atom stereocenters. The minimum atomic E-state index is -0.863. The summed E-state index contributed by atoms with van der Waals surface area (Å²) in [5, 5.41) is 9.64. The van der Waals surface area contributed by atoms with Crippen LogP contribution in [0.25, 0.3) is 11.1 Å². The molecule has 2 heterocycles. The summed E-state index contributed by atoms with van der Waals surface area (Å²) in [5.74, 6) is 1.01. The minimum Gasteiger partial charge on any atom is -0.493 e. The molecule has 1 amide bonds. The van der Waals surface area contributed by atoms with Crippen LogP contribution in [-0.4, -0.2) is 40.8 Å². The third kappa shape index (κ3) is 4.15. The average Bonchev–Trinajstić information content (AvgIpc) is 2.60. The highest BCUT2D eigenvalue weighted by molar-refractivity contribution is 5.72. The lowest BCUT2D eigenvalue weighted by Gasteiger charge is -2.34. The van der Waals surface area contributed by atoms with Crippen LogP contribution in [0.1, 0.15) is 38.7 Å². The number of rotatable bonds is 4. The fraction of sp³-hybridized carbons (Fsp3) is 0.429. The van der Waals surface area contributed by atoms with Gasteiger partial charge in [0.25, 0.3) is 0 Å². The quantitative estimate of drug-likeness (QED) is 0.869. The summed E-state index contributed by atoms with van der Waals surface area (Å²) >= 11 is 0. The summed E-state index contributed by atoms with van der Waals surface area (Å²) in [6.45, 7) is 7.78. The molecule has 0 saturated carbocycles. The fourth-order valence-corrected chi connectivity index (χ4v) is 3.49. The Morgan fingerprint density at radius 3 is 2.65 bits per heavy atom. The van der Waals surface area contributed by atoms with Crippen molar-refractivity contribution < 1.29 is 14.6 Å². The maximum Gasteiger partial charge on any atom is 0.407 e. The number of ether oxygens (including phenoxy) is 1. The predicted molar refractivity (Wildman–Crippen MR) is 102 cm³/mol. The number of carbonyl (C=O) groups is 1. The lowest BCUT2D eigenvalue weighted by molar-refractivity contribution is 0.118. The van der Waals surface area contributed by atoms with Crippen molar-refractivity contribution in [3.63, 3.8) is 0 Å². The predicted octanol–water partition coefficient (Wildman–Crippen LogP) is 4.64. The smallest absolute Gasteiger partial charge is 0.407 e. The van der Waals surface area contributed by atoms with Crippen molar-refractivity contribution in [2.75, 3.05) is 19.7 Å². The van der Waals surface area contributed by atoms with Gasteiger partial charge in [-0.3, -0.25) is 4.98 Å². The number of fused-ring (bicyclic) bond motifs is 1. The number of benzene rings is 1. The Kier molecular flexibility index (Phi) is 5.16. The maximum atomic E-state index is 11.7. The molecule has 5 heteroatoms. The second-order valence-electron chi connectivity index (χ2n) is 8.02. The van der Waals surface area contributed by atoms with E-state index in [0.717, 1.165) is 28.9 Å². The van der Waals surface area contributed by atoms with Gasteiger partial charge in [-0.1, -0.05) is 39.0 Å². The van der Waals surface area contributed by atoms with Crippen molar-refractivity contribution in [3.05, 3.63) is 48.3 Å². The Hall–Kier alpha value is -2.56. The maximum absolute atomic E-state index is 11.7. The van der Waals surface area contributed by atoms with Gasteiger partial charge >= 0.3 is 6.09 Å². The Morgan fingerprint density at radius 1 is 1.27 bits per heavy atom. The molecule has 2 aromatic rings. The molecule has 1 aliphatic heterocycles. The zero-order chi connectivity index (χ0) is 18.7. The van der Waals surface area contributed by atoms with E-state index in [1.807, 2.05) is 24.3 Å². The summed E-state index contributed by atoms with van der Waals surface area (Å²) in [6.07, 6.45) is 3.49. The topological polar surface area (TPSA) is 62.7 Å². The van der Waals surface area contributed by atoms with Gasteiger partial charge in [0, 0.05) is 37.0 Å². The monoisotopic (exact) mass is 354 g/mol. The summed E-state index contributed by atoms with van der Waals surface area (Å²) < 4.78 is 6.00. The van der Waals surface area contributed by atoms with Gasteiger partial charge in [0.05, 0.1) is 6.61 Å². The van der Waals surface area contributed by atoms with Crippen molar-refractivity contribution >= 4 is 6.09 Å². The van der Waals surface area contributed by atoms with E-state index in [0.29, 0.717) is 19.7 Å². The van der Waals surface area contributed by atoms with E-state index in [9.17, 15) is 9.90 Å². The molecule has 1 N–H and O–H groups in total. The molecule has 0 saturated heterocycles. The van der Waals surface area contributed by atoms with E-state index in [4.69, 9.17) is 4.74 Å². The van der Waals surface area contributed by atoms with Crippen LogP contribution in [0.5, 0.6) is 5.75 Å². The van der Waals surface area contributed by atoms with Crippen LogP contribution in [0.15, 0.2) is 42.7 Å². The van der Waals surface area contributed by atoms with Gasteiger partial charge in [-0.2, -0.15) is 0 Å². The molecule has 1 atom stereocenters. The lowest BCUT2D eigenvalue weighted by atomic mass is 9.88. The molecule has 26 heavy (non-hydrogen) atoms. The third-order valence-corrected chi connectivity index (χ3v) is 4.57. The SMILES string of the molecule is CC(C)(C)CN(CC1CCOc2c(-c3ccncc3)cccc21)C(=O)O. The molecular weight excluding hydrogens is 328 g/mol. The highest BCUT2D eigenvalue weighted by Crippen LogP contribution is 2.41. The van der Waals surface area contributed by atoms with E-state index >= 15 is 0 Å². The van der Waals surface area contributed by atoms with Crippen LogP contribution in [0.2, 0.25) is 0 Å². The Labute approximate surface area is 154 Å². The Balaban J connectivity index is 1.91. The van der Waals surface area contributed by atoms with E-state index < -0.39 is 6.09 Å². The third-order valence-electron chi connectivity index (χ3n) is 4.57. The highest BCUT2D eigenvalue weighted by Gasteiger charge is 2.29. The number of nitrogens with zero attached hydrogens (tertiary/aromatic N) is 2. The number of para-hydroxylation sites is 1. The van der Waals surface area contributed by atoms with Crippen LogP contribution in [0, 0.1) is 5.41 Å². The number of carboxylic acid groups (broad SMARTS) is 1. The molecule has 1 aliphatic rings. The summed E-state index contributed by atoms with van der Waals surface area (Å²) in [4.78, 5) is 17.4. The standard InChI is InChI=1S/C21H26N2O3/c1-21(2,3)14-23(20(24)25)13-16-9-12-26-19-17(5-4-6-18(16)19)15-7-10-22-11-8-15/h4-8,10-11,16H,9,12-14H2,1-3H3,(H,24,25). The number of aromatic nitrogens is 1. The second kappa shape index (κ2) is 7.36. The number of hydrogen-bond donors (Lipinski definition) is 1. The van der Waals surface area contributed by atoms with Crippen LogP contribution in [0.4, 0.5) is 4.79 Å². The average molecular weight is 354 g/mol. The van der Waals surface area contributed by atoms with Crippen molar-refractivity contribution in [1.82, 2.24) is 9.88 Å². The van der Waals surface area contributed by atoms with Crippen molar-refractivity contribution in [3.8, 4) is 16.9 Å². The van der Waals surface area contributed by atoms with Crippen molar-refractivity contribution in [2.24, 2.45) is 5.41 Å². The van der Waals surface area contributed by atoms with E-state index in [2.05, 4.69) is 31.8 Å². The highest BCUT2D eigenvalue weighted by atomic mass is 16.5. The van der Waals surface area contributed by atoms with Crippen molar-refractivity contribution in [2.45, 2.75) is 33.1 Å². The first-order valence-electron chi connectivity index (χ1n) is 8.99. The Morgan fingerprint density at radius 2 is 2.00 bits per heavy atom. The molecular formula is C21H26N2O3.